The van der Waals surface area contributed by atoms with Crippen molar-refractivity contribution in [2.75, 3.05) is 26.8 Å². The molecule has 5 heteroatoms. The molecule has 1 unspecified atom stereocenters. The van der Waals surface area contributed by atoms with Gasteiger partial charge >= 0.3 is 6.03 Å². The van der Waals surface area contributed by atoms with Crippen LogP contribution in [0.5, 0.6) is 11.5 Å². The van der Waals surface area contributed by atoms with Gasteiger partial charge in [-0.1, -0.05) is 17.2 Å². The number of carbonyl (C=O) groups is 1. The van der Waals surface area contributed by atoms with Gasteiger partial charge in [-0.2, -0.15) is 0 Å². The van der Waals surface area contributed by atoms with Crippen LogP contribution in [0.4, 0.5) is 4.79 Å². The minimum Gasteiger partial charge on any atom is -0.497 e. The van der Waals surface area contributed by atoms with Gasteiger partial charge in [0.1, 0.15) is 18.1 Å². The lowest BCUT2D eigenvalue weighted by Crippen LogP contribution is -2.50. The average Bonchev–Trinajstić information content (AvgIpc) is 2.56. The Morgan fingerprint density at radius 1 is 1.35 bits per heavy atom. The molecule has 0 radical (unpaired) electrons. The Labute approximate surface area is 137 Å². The lowest BCUT2D eigenvalue weighted by molar-refractivity contribution is 0.182. The Morgan fingerprint density at radius 2 is 2.17 bits per heavy atom. The predicted octanol–water partition coefficient (Wildman–Crippen LogP) is 2.75. The third kappa shape index (κ3) is 3.44. The zero-order chi connectivity index (χ0) is 16.4. The molecule has 1 aromatic rings. The second-order valence-electron chi connectivity index (χ2n) is 6.37. The Balaban J connectivity index is 1.60. The number of methoxy groups -OCH3 is 1. The summed E-state index contributed by atoms with van der Waals surface area (Å²) in [5, 5.41) is 3.10. The molecule has 2 aliphatic heterocycles. The van der Waals surface area contributed by atoms with Crippen LogP contribution in [-0.4, -0.2) is 43.8 Å². The molecule has 2 amide bonds. The number of nitrogens with one attached hydrogen (secondary N) is 1. The van der Waals surface area contributed by atoms with Crippen molar-refractivity contribution in [2.45, 2.75) is 32.7 Å². The first-order valence-corrected chi connectivity index (χ1v) is 8.07. The van der Waals surface area contributed by atoms with Crippen LogP contribution in [0, 0.1) is 0 Å². The van der Waals surface area contributed by atoms with Crippen LogP contribution in [0.25, 0.3) is 0 Å². The minimum atomic E-state index is 0.00223. The fourth-order valence-electron chi connectivity index (χ4n) is 3.03. The van der Waals surface area contributed by atoms with E-state index in [4.69, 9.17) is 9.47 Å². The first-order valence-electron chi connectivity index (χ1n) is 8.07. The summed E-state index contributed by atoms with van der Waals surface area (Å²) in [6.07, 6.45) is 1.75. The zero-order valence-corrected chi connectivity index (χ0v) is 14.0. The number of fused-ring (bicyclic) bond motifs is 1. The van der Waals surface area contributed by atoms with E-state index in [9.17, 15) is 4.79 Å². The second-order valence-corrected chi connectivity index (χ2v) is 6.37. The molecule has 0 bridgehead atoms. The third-order valence-corrected chi connectivity index (χ3v) is 4.71. The summed E-state index contributed by atoms with van der Waals surface area (Å²) in [6, 6.07) is 5.84. The highest BCUT2D eigenvalue weighted by Crippen LogP contribution is 2.29. The highest BCUT2D eigenvalue weighted by molar-refractivity contribution is 5.75. The van der Waals surface area contributed by atoms with Gasteiger partial charge in [-0.15, -0.1) is 0 Å². The maximum absolute atomic E-state index is 12.4. The maximum atomic E-state index is 12.4. The number of hydrogen-bond donors (Lipinski definition) is 1. The maximum Gasteiger partial charge on any atom is 0.318 e. The van der Waals surface area contributed by atoms with Crippen molar-refractivity contribution in [3.05, 3.63) is 34.9 Å². The van der Waals surface area contributed by atoms with E-state index in [1.165, 1.54) is 11.1 Å². The summed E-state index contributed by atoms with van der Waals surface area (Å²) >= 11 is 0. The lowest BCUT2D eigenvalue weighted by atomic mass is 10.0. The van der Waals surface area contributed by atoms with Gasteiger partial charge in [0.25, 0.3) is 0 Å². The molecule has 0 aliphatic carbocycles. The van der Waals surface area contributed by atoms with Crippen molar-refractivity contribution < 1.29 is 14.3 Å². The van der Waals surface area contributed by atoms with Crippen LogP contribution in [0.15, 0.2) is 29.3 Å². The fourth-order valence-corrected chi connectivity index (χ4v) is 3.03. The molecule has 0 spiro atoms. The number of carbonyl (C=O) groups excluding carboxylic acids is 1. The number of benzene rings is 1. The molecule has 0 saturated carbocycles. The molecule has 1 atom stereocenters. The molecule has 5 nitrogen and oxygen atoms in total. The minimum absolute atomic E-state index is 0.00223. The summed E-state index contributed by atoms with van der Waals surface area (Å²) in [5.41, 5.74) is 3.80. The number of amides is 2. The van der Waals surface area contributed by atoms with Crippen molar-refractivity contribution >= 4 is 6.03 Å². The van der Waals surface area contributed by atoms with Crippen LogP contribution >= 0.6 is 0 Å². The Morgan fingerprint density at radius 3 is 2.91 bits per heavy atom. The van der Waals surface area contributed by atoms with Gasteiger partial charge in [-0.05, 0) is 38.3 Å². The highest BCUT2D eigenvalue weighted by atomic mass is 16.5. The molecular formula is C18H24N2O3. The molecule has 0 aromatic heterocycles. The summed E-state index contributed by atoms with van der Waals surface area (Å²) < 4.78 is 11.0. The Kier molecular flexibility index (Phi) is 4.46. The number of urea groups is 1. The molecule has 0 saturated heterocycles. The first-order chi connectivity index (χ1) is 11.1. The van der Waals surface area contributed by atoms with Crippen molar-refractivity contribution in [3.63, 3.8) is 0 Å². The van der Waals surface area contributed by atoms with Gasteiger partial charge in [-0.3, -0.25) is 0 Å². The van der Waals surface area contributed by atoms with Crippen LogP contribution < -0.4 is 14.8 Å². The quantitative estimate of drug-likeness (QED) is 0.854. The van der Waals surface area contributed by atoms with Gasteiger partial charge in [0, 0.05) is 19.2 Å². The third-order valence-electron chi connectivity index (χ3n) is 4.71. The van der Waals surface area contributed by atoms with E-state index in [2.05, 4.69) is 19.2 Å². The van der Waals surface area contributed by atoms with Crippen LogP contribution in [0.2, 0.25) is 0 Å². The van der Waals surface area contributed by atoms with Crippen molar-refractivity contribution in [3.8, 4) is 11.5 Å². The van der Waals surface area contributed by atoms with Gasteiger partial charge in [0.2, 0.25) is 0 Å². The number of nitrogens with zero attached hydrogens (tertiary/aromatic N) is 1. The highest BCUT2D eigenvalue weighted by Gasteiger charge is 2.25. The first kappa shape index (κ1) is 15.7. The molecule has 1 aromatic carbocycles. The van der Waals surface area contributed by atoms with Crippen molar-refractivity contribution in [2.24, 2.45) is 0 Å². The Bertz CT molecular complexity index is 639. The molecule has 124 valence electrons. The standard InChI is InChI=1S/C18H24N2O3/c1-12-6-7-20(10-13(12)2)18(21)19-15-8-14-4-5-16(22-3)9-17(14)23-11-15/h4-5,9,15H,6-8,10-11H2,1-3H3,(H,19,21). The SMILES string of the molecule is COc1ccc2c(c1)OCC(NC(=O)N1CCC(C)=C(C)C1)C2. The van der Waals surface area contributed by atoms with E-state index in [1.54, 1.807) is 7.11 Å². The van der Waals surface area contributed by atoms with Crippen LogP contribution in [-0.2, 0) is 6.42 Å². The van der Waals surface area contributed by atoms with E-state index >= 15 is 0 Å². The Hall–Kier alpha value is -2.17. The normalized spacial score (nSPS) is 20.7. The smallest absolute Gasteiger partial charge is 0.318 e. The molecule has 1 N–H and O–H groups in total. The molecule has 2 heterocycles. The second kappa shape index (κ2) is 6.52. The van der Waals surface area contributed by atoms with Gasteiger partial charge < -0.3 is 19.7 Å². The average molecular weight is 316 g/mol. The van der Waals surface area contributed by atoms with Crippen LogP contribution in [0.3, 0.4) is 0 Å². The molecule has 3 rings (SSSR count). The van der Waals surface area contributed by atoms with E-state index in [0.29, 0.717) is 6.61 Å². The largest absolute Gasteiger partial charge is 0.497 e. The predicted molar refractivity (Wildman–Crippen MR) is 89.1 cm³/mol. The summed E-state index contributed by atoms with van der Waals surface area (Å²) in [6.45, 7) is 6.25. The molecule has 0 fully saturated rings. The fraction of sp³-hybridized carbons (Fsp3) is 0.500. The van der Waals surface area contributed by atoms with Gasteiger partial charge in [0.05, 0.1) is 13.2 Å². The summed E-state index contributed by atoms with van der Waals surface area (Å²) in [5.74, 6) is 1.64. The van der Waals surface area contributed by atoms with Crippen molar-refractivity contribution in [1.29, 1.82) is 0 Å². The van der Waals surface area contributed by atoms with Gasteiger partial charge in [0.15, 0.2) is 0 Å². The molecule has 23 heavy (non-hydrogen) atoms. The zero-order valence-electron chi connectivity index (χ0n) is 14.0. The van der Waals surface area contributed by atoms with E-state index in [0.717, 1.165) is 43.0 Å². The molecular weight excluding hydrogens is 292 g/mol. The van der Waals surface area contributed by atoms with E-state index in [1.807, 2.05) is 23.1 Å². The number of rotatable bonds is 2. The van der Waals surface area contributed by atoms with Crippen molar-refractivity contribution in [1.82, 2.24) is 10.2 Å². The number of hydrogen-bond acceptors (Lipinski definition) is 3. The summed E-state index contributed by atoms with van der Waals surface area (Å²) in [7, 11) is 1.64. The van der Waals surface area contributed by atoms with Gasteiger partial charge in [-0.25, -0.2) is 4.79 Å². The lowest BCUT2D eigenvalue weighted by Gasteiger charge is -2.32. The number of ether oxygens (including phenoxy) is 2. The molecule has 2 aliphatic rings. The van der Waals surface area contributed by atoms with E-state index < -0.39 is 0 Å². The van der Waals surface area contributed by atoms with Crippen LogP contribution in [0.1, 0.15) is 25.8 Å². The van der Waals surface area contributed by atoms with E-state index in [-0.39, 0.29) is 12.1 Å². The topological polar surface area (TPSA) is 50.8 Å². The monoisotopic (exact) mass is 316 g/mol. The summed E-state index contributed by atoms with van der Waals surface area (Å²) in [4.78, 5) is 14.3.